The molecule has 1 atom stereocenters. The van der Waals surface area contributed by atoms with Crippen LogP contribution in [0.2, 0.25) is 0 Å². The summed E-state index contributed by atoms with van der Waals surface area (Å²) in [4.78, 5) is 5.74. The molecular formula is C14H17FN2O. The summed E-state index contributed by atoms with van der Waals surface area (Å²) >= 11 is 0. The van der Waals surface area contributed by atoms with E-state index in [0.717, 1.165) is 13.0 Å². The molecule has 18 heavy (non-hydrogen) atoms. The van der Waals surface area contributed by atoms with Crippen LogP contribution in [-0.4, -0.2) is 34.6 Å². The van der Waals surface area contributed by atoms with Crippen molar-refractivity contribution in [2.24, 2.45) is 0 Å². The molecule has 0 saturated carbocycles. The van der Waals surface area contributed by atoms with E-state index in [2.05, 4.69) is 15.8 Å². The summed E-state index contributed by atoms with van der Waals surface area (Å²) in [6, 6.07) is 3.48. The van der Waals surface area contributed by atoms with Gasteiger partial charge in [-0.1, -0.05) is 5.92 Å². The number of nitrogens with zero attached hydrogens (tertiary/aromatic N) is 2. The number of hydrogen-bond donors (Lipinski definition) is 0. The van der Waals surface area contributed by atoms with Crippen molar-refractivity contribution < 1.29 is 9.13 Å². The van der Waals surface area contributed by atoms with Crippen molar-refractivity contribution in [3.8, 4) is 18.1 Å². The third-order valence-corrected chi connectivity index (χ3v) is 3.37. The van der Waals surface area contributed by atoms with Crippen LogP contribution >= 0.6 is 0 Å². The third-order valence-electron chi connectivity index (χ3n) is 3.37. The van der Waals surface area contributed by atoms with Crippen molar-refractivity contribution in [3.05, 3.63) is 24.3 Å². The minimum Gasteiger partial charge on any atom is -0.487 e. The third kappa shape index (κ3) is 2.46. The smallest absolute Gasteiger partial charge is 0.255 e. The Morgan fingerprint density at radius 2 is 2.44 bits per heavy atom. The lowest BCUT2D eigenvalue weighted by Crippen LogP contribution is -2.59. The molecule has 1 aliphatic heterocycles. The first kappa shape index (κ1) is 12.8. The van der Waals surface area contributed by atoms with Crippen molar-refractivity contribution in [3.63, 3.8) is 0 Å². The molecule has 2 rings (SSSR count). The molecule has 0 unspecified atom stereocenters. The Kier molecular flexibility index (Phi) is 3.53. The van der Waals surface area contributed by atoms with Gasteiger partial charge in [0.05, 0.1) is 5.54 Å². The molecule has 2 heterocycles. The monoisotopic (exact) mass is 248 g/mol. The standard InChI is InChI=1S/C14H17FN2O/c1-4-14(2,3)17-9-7-11(17)10-18-12-6-5-8-16-13(12)15/h1,5-6,8,11H,7,9-10H2,2-3H3/t11-/m0/s1. The van der Waals surface area contributed by atoms with Gasteiger partial charge in [-0.15, -0.1) is 6.42 Å². The highest BCUT2D eigenvalue weighted by Gasteiger charge is 2.38. The fourth-order valence-electron chi connectivity index (χ4n) is 2.10. The number of rotatable bonds is 4. The number of halogens is 1. The number of pyridine rings is 1. The van der Waals surface area contributed by atoms with Crippen LogP contribution in [0.25, 0.3) is 0 Å². The predicted molar refractivity (Wildman–Crippen MR) is 67.7 cm³/mol. The maximum absolute atomic E-state index is 13.3. The molecule has 0 bridgehead atoms. The second-order valence-corrected chi connectivity index (χ2v) is 4.94. The van der Waals surface area contributed by atoms with E-state index < -0.39 is 5.95 Å². The molecule has 0 aromatic carbocycles. The molecule has 96 valence electrons. The minimum absolute atomic E-state index is 0.197. The van der Waals surface area contributed by atoms with E-state index in [1.54, 1.807) is 12.1 Å². The highest BCUT2D eigenvalue weighted by molar-refractivity contribution is 5.18. The van der Waals surface area contributed by atoms with Gasteiger partial charge >= 0.3 is 0 Å². The molecule has 0 amide bonds. The molecule has 1 aromatic rings. The van der Waals surface area contributed by atoms with E-state index in [9.17, 15) is 4.39 Å². The van der Waals surface area contributed by atoms with Crippen LogP contribution in [0.5, 0.6) is 5.75 Å². The second-order valence-electron chi connectivity index (χ2n) is 4.94. The summed E-state index contributed by atoms with van der Waals surface area (Å²) in [5.41, 5.74) is -0.278. The van der Waals surface area contributed by atoms with Crippen LogP contribution in [-0.2, 0) is 0 Å². The van der Waals surface area contributed by atoms with E-state index in [0.29, 0.717) is 6.61 Å². The lowest BCUT2D eigenvalue weighted by Gasteiger charge is -2.48. The van der Waals surface area contributed by atoms with Crippen molar-refractivity contribution >= 4 is 0 Å². The van der Waals surface area contributed by atoms with Crippen molar-refractivity contribution in [1.29, 1.82) is 0 Å². The lowest BCUT2D eigenvalue weighted by atomic mass is 9.93. The maximum Gasteiger partial charge on any atom is 0.255 e. The second kappa shape index (κ2) is 4.95. The van der Waals surface area contributed by atoms with Crippen LogP contribution < -0.4 is 4.74 Å². The molecule has 1 aromatic heterocycles. The lowest BCUT2D eigenvalue weighted by molar-refractivity contribution is -0.00429. The quantitative estimate of drug-likeness (QED) is 0.602. The zero-order chi connectivity index (χ0) is 13.2. The number of likely N-dealkylation sites (tertiary alicyclic amines) is 1. The summed E-state index contributed by atoms with van der Waals surface area (Å²) < 4.78 is 18.7. The van der Waals surface area contributed by atoms with E-state index in [4.69, 9.17) is 11.2 Å². The number of terminal acetylenes is 1. The van der Waals surface area contributed by atoms with Crippen molar-refractivity contribution in [2.75, 3.05) is 13.2 Å². The van der Waals surface area contributed by atoms with Crippen LogP contribution in [0.1, 0.15) is 20.3 Å². The van der Waals surface area contributed by atoms with E-state index in [1.165, 1.54) is 6.20 Å². The van der Waals surface area contributed by atoms with Crippen LogP contribution in [0, 0.1) is 18.3 Å². The molecule has 3 nitrogen and oxygen atoms in total. The average Bonchev–Trinajstić information content (AvgIpc) is 2.30. The molecule has 0 radical (unpaired) electrons. The first-order chi connectivity index (χ1) is 8.54. The molecule has 1 saturated heterocycles. The molecule has 4 heteroatoms. The topological polar surface area (TPSA) is 25.4 Å². The zero-order valence-corrected chi connectivity index (χ0v) is 10.7. The largest absolute Gasteiger partial charge is 0.487 e. The van der Waals surface area contributed by atoms with Crippen LogP contribution in [0.15, 0.2) is 18.3 Å². The summed E-state index contributed by atoms with van der Waals surface area (Å²) in [5.74, 6) is 2.39. The van der Waals surface area contributed by atoms with Gasteiger partial charge in [0.15, 0.2) is 5.75 Å². The summed E-state index contributed by atoms with van der Waals surface area (Å²) in [6.45, 7) is 5.40. The highest BCUT2D eigenvalue weighted by atomic mass is 19.1. The Bertz CT molecular complexity index is 467. The van der Waals surface area contributed by atoms with Gasteiger partial charge in [0.2, 0.25) is 0 Å². The number of aromatic nitrogens is 1. The van der Waals surface area contributed by atoms with E-state index in [-0.39, 0.29) is 17.3 Å². The number of hydrogen-bond acceptors (Lipinski definition) is 3. The van der Waals surface area contributed by atoms with Crippen molar-refractivity contribution in [1.82, 2.24) is 9.88 Å². The first-order valence-electron chi connectivity index (χ1n) is 6.02. The van der Waals surface area contributed by atoms with Gasteiger partial charge in [0, 0.05) is 18.8 Å². The average molecular weight is 248 g/mol. The minimum atomic E-state index is -0.570. The highest BCUT2D eigenvalue weighted by Crippen LogP contribution is 2.28. The Balaban J connectivity index is 1.93. The SMILES string of the molecule is C#CC(C)(C)N1CC[C@H]1COc1cccnc1F. The fourth-order valence-corrected chi connectivity index (χ4v) is 2.10. The zero-order valence-electron chi connectivity index (χ0n) is 10.7. The molecular weight excluding hydrogens is 231 g/mol. The van der Waals surface area contributed by atoms with Crippen LogP contribution in [0.4, 0.5) is 4.39 Å². The van der Waals surface area contributed by atoms with E-state index in [1.807, 2.05) is 13.8 Å². The van der Waals surface area contributed by atoms with Gasteiger partial charge in [0.1, 0.15) is 6.61 Å². The molecule has 0 spiro atoms. The Hall–Kier alpha value is -1.60. The predicted octanol–water partition coefficient (Wildman–Crippen LogP) is 2.09. The summed E-state index contributed by atoms with van der Waals surface area (Å²) in [7, 11) is 0. The Labute approximate surface area is 107 Å². The summed E-state index contributed by atoms with van der Waals surface area (Å²) in [6.07, 6.45) is 7.93. The summed E-state index contributed by atoms with van der Waals surface area (Å²) in [5, 5.41) is 0. The molecule has 1 aliphatic rings. The maximum atomic E-state index is 13.3. The Morgan fingerprint density at radius 3 is 3.00 bits per heavy atom. The normalized spacial score (nSPS) is 20.0. The van der Waals surface area contributed by atoms with Gasteiger partial charge in [-0.2, -0.15) is 4.39 Å². The van der Waals surface area contributed by atoms with Gasteiger partial charge in [-0.3, -0.25) is 4.90 Å². The number of ether oxygens (including phenoxy) is 1. The molecule has 0 aliphatic carbocycles. The van der Waals surface area contributed by atoms with Crippen LogP contribution in [0.3, 0.4) is 0 Å². The van der Waals surface area contributed by atoms with E-state index >= 15 is 0 Å². The fraction of sp³-hybridized carbons (Fsp3) is 0.500. The van der Waals surface area contributed by atoms with Gasteiger partial charge in [-0.05, 0) is 32.4 Å². The van der Waals surface area contributed by atoms with Gasteiger partial charge in [0.25, 0.3) is 5.95 Å². The Morgan fingerprint density at radius 1 is 1.67 bits per heavy atom. The molecule has 1 fully saturated rings. The van der Waals surface area contributed by atoms with Gasteiger partial charge in [-0.25, -0.2) is 4.98 Å². The first-order valence-corrected chi connectivity index (χ1v) is 6.02. The molecule has 0 N–H and O–H groups in total. The van der Waals surface area contributed by atoms with Gasteiger partial charge < -0.3 is 4.74 Å². The van der Waals surface area contributed by atoms with Crippen molar-refractivity contribution in [2.45, 2.75) is 31.8 Å².